The molecule has 0 radical (unpaired) electrons. The predicted molar refractivity (Wildman–Crippen MR) is 129 cm³/mol. The lowest BCUT2D eigenvalue weighted by Crippen LogP contribution is -2.61. The van der Waals surface area contributed by atoms with Gasteiger partial charge in [0.05, 0.1) is 5.56 Å². The number of esters is 1. The van der Waals surface area contributed by atoms with Crippen molar-refractivity contribution < 1.29 is 36.2 Å². The van der Waals surface area contributed by atoms with Crippen molar-refractivity contribution >= 4 is 17.6 Å². The highest BCUT2D eigenvalue weighted by Gasteiger charge is 2.49. The first kappa shape index (κ1) is 28.4. The lowest BCUT2D eigenvalue weighted by Gasteiger charge is -2.48. The molecule has 0 N–H and O–H groups in total. The Bertz CT molecular complexity index is 988. The van der Waals surface area contributed by atoms with Crippen molar-refractivity contribution in [3.8, 4) is 5.75 Å². The van der Waals surface area contributed by atoms with Gasteiger partial charge in [0.15, 0.2) is 0 Å². The summed E-state index contributed by atoms with van der Waals surface area (Å²) in [6.07, 6.45) is -2.56. The maximum absolute atomic E-state index is 15.7. The first-order chi connectivity index (χ1) is 17.2. The summed E-state index contributed by atoms with van der Waals surface area (Å²) in [5.74, 6) is -1.31. The summed E-state index contributed by atoms with van der Waals surface area (Å²) in [5.41, 5.74) is -2.11. The molecule has 208 valence electrons. The third-order valence-electron chi connectivity index (χ3n) is 7.10. The molecule has 37 heavy (non-hydrogen) atoms. The molecule has 2 saturated heterocycles. The summed E-state index contributed by atoms with van der Waals surface area (Å²) < 4.78 is 82.3. The number of halogens is 6. The van der Waals surface area contributed by atoms with Crippen LogP contribution in [-0.4, -0.2) is 71.1 Å². The van der Waals surface area contributed by atoms with Gasteiger partial charge in [-0.3, -0.25) is 0 Å². The van der Waals surface area contributed by atoms with E-state index in [0.717, 1.165) is 18.9 Å². The van der Waals surface area contributed by atoms with Gasteiger partial charge in [0.1, 0.15) is 35.5 Å². The molecule has 1 aromatic rings. The molecule has 3 fully saturated rings. The van der Waals surface area contributed by atoms with Gasteiger partial charge in [-0.15, -0.1) is 11.6 Å². The second-order valence-electron chi connectivity index (χ2n) is 11.4. The average Bonchev–Trinajstić information content (AvgIpc) is 3.61. The molecule has 11 heteroatoms. The Morgan fingerprint density at radius 3 is 2.32 bits per heavy atom. The molecule has 4 rings (SSSR count). The Hall–Kier alpha value is -1.65. The van der Waals surface area contributed by atoms with Crippen LogP contribution in [0.3, 0.4) is 0 Å². The van der Waals surface area contributed by atoms with Crippen LogP contribution in [-0.2, 0) is 4.74 Å². The highest BCUT2D eigenvalue weighted by atomic mass is 35.5. The summed E-state index contributed by atoms with van der Waals surface area (Å²) in [6, 6.07) is 0.909. The summed E-state index contributed by atoms with van der Waals surface area (Å²) in [7, 11) is 0. The highest BCUT2D eigenvalue weighted by molar-refractivity contribution is 6.20. The van der Waals surface area contributed by atoms with E-state index < -0.39 is 40.7 Å². The number of alkyl halides is 5. The van der Waals surface area contributed by atoms with Crippen molar-refractivity contribution in [3.05, 3.63) is 29.1 Å². The zero-order chi connectivity index (χ0) is 27.2. The fraction of sp³-hybridized carbons (Fsp3) is 0.731. The van der Waals surface area contributed by atoms with E-state index in [1.807, 2.05) is 0 Å². The summed E-state index contributed by atoms with van der Waals surface area (Å²) >= 11 is 6.15. The molecule has 0 spiro atoms. The smallest absolute Gasteiger partial charge is 0.405 e. The van der Waals surface area contributed by atoms with E-state index in [4.69, 9.17) is 21.1 Å². The predicted octanol–water partition coefficient (Wildman–Crippen LogP) is 6.39. The number of ether oxygens (including phenoxy) is 2. The first-order valence-corrected chi connectivity index (χ1v) is 13.2. The normalized spacial score (nSPS) is 25.6. The van der Waals surface area contributed by atoms with Crippen molar-refractivity contribution in [2.24, 2.45) is 0 Å². The molecule has 2 heterocycles. The molecule has 0 aromatic heterocycles. The highest BCUT2D eigenvalue weighted by Crippen LogP contribution is 2.46. The van der Waals surface area contributed by atoms with E-state index in [0.29, 0.717) is 5.56 Å². The topological polar surface area (TPSA) is 42.0 Å². The molecule has 1 saturated carbocycles. The third-order valence-corrected chi connectivity index (χ3v) is 7.45. The lowest BCUT2D eigenvalue weighted by molar-refractivity contribution is -0.238. The number of rotatable bonds is 6. The fourth-order valence-corrected chi connectivity index (χ4v) is 5.23. The van der Waals surface area contributed by atoms with Crippen molar-refractivity contribution in [1.82, 2.24) is 10.0 Å². The van der Waals surface area contributed by atoms with E-state index in [1.165, 1.54) is 11.1 Å². The van der Waals surface area contributed by atoms with Crippen LogP contribution in [0, 0.1) is 5.82 Å². The quantitative estimate of drug-likeness (QED) is 0.232. The van der Waals surface area contributed by atoms with E-state index in [2.05, 4.69) is 0 Å². The number of piperidine rings is 2. The molecule has 2 unspecified atom stereocenters. The van der Waals surface area contributed by atoms with Crippen LogP contribution in [0.2, 0.25) is 0 Å². The van der Waals surface area contributed by atoms with Crippen molar-refractivity contribution in [2.45, 2.75) is 94.1 Å². The Labute approximate surface area is 219 Å². The van der Waals surface area contributed by atoms with Crippen LogP contribution in [0.5, 0.6) is 5.75 Å². The fourth-order valence-electron chi connectivity index (χ4n) is 4.96. The van der Waals surface area contributed by atoms with Gasteiger partial charge in [0.2, 0.25) is 0 Å². The van der Waals surface area contributed by atoms with Crippen LogP contribution in [0.15, 0.2) is 12.1 Å². The standard InChI is InChI=1S/C26H34ClF5N2O3/c1-24(2,3)37-23(35)19-12-18(16-4-5-16)21(13-20(19)28)36-15-25(29)8-10-33(11-9-25)34-14-17(27)6-7-22(34)26(30,31)32/h12-13,16-17,22H,4-11,14-15H2,1-3H3. The van der Waals surface area contributed by atoms with Crippen LogP contribution < -0.4 is 4.74 Å². The van der Waals surface area contributed by atoms with Crippen molar-refractivity contribution in [2.75, 3.05) is 26.2 Å². The van der Waals surface area contributed by atoms with Gasteiger partial charge in [0, 0.05) is 31.1 Å². The van der Waals surface area contributed by atoms with Crippen LogP contribution in [0.1, 0.15) is 81.1 Å². The Balaban J connectivity index is 1.41. The molecule has 1 aliphatic carbocycles. The largest absolute Gasteiger partial charge is 0.490 e. The minimum Gasteiger partial charge on any atom is -0.490 e. The van der Waals surface area contributed by atoms with Gasteiger partial charge in [-0.2, -0.15) is 13.2 Å². The average molecular weight is 553 g/mol. The van der Waals surface area contributed by atoms with Gasteiger partial charge in [-0.25, -0.2) is 23.6 Å². The van der Waals surface area contributed by atoms with Crippen molar-refractivity contribution in [3.63, 3.8) is 0 Å². The van der Waals surface area contributed by atoms with E-state index in [-0.39, 0.29) is 69.2 Å². The Morgan fingerprint density at radius 1 is 1.11 bits per heavy atom. The molecule has 3 aliphatic rings. The van der Waals surface area contributed by atoms with Gasteiger partial charge < -0.3 is 9.47 Å². The van der Waals surface area contributed by atoms with Gasteiger partial charge in [-0.1, -0.05) is 0 Å². The maximum Gasteiger partial charge on any atom is 0.405 e. The van der Waals surface area contributed by atoms with E-state index in [9.17, 15) is 22.4 Å². The number of nitrogens with zero attached hydrogens (tertiary/aromatic N) is 2. The first-order valence-electron chi connectivity index (χ1n) is 12.8. The third kappa shape index (κ3) is 7.06. The summed E-state index contributed by atoms with van der Waals surface area (Å²) in [5, 5.41) is 2.41. The number of hydrogen-bond donors (Lipinski definition) is 0. The van der Waals surface area contributed by atoms with E-state index in [1.54, 1.807) is 25.8 Å². The molecule has 0 bridgehead atoms. The second kappa shape index (κ2) is 10.5. The zero-order valence-corrected chi connectivity index (χ0v) is 22.1. The summed E-state index contributed by atoms with van der Waals surface area (Å²) in [4.78, 5) is 12.5. The van der Waals surface area contributed by atoms with Crippen molar-refractivity contribution in [1.29, 1.82) is 0 Å². The molecule has 2 aliphatic heterocycles. The van der Waals surface area contributed by atoms with Gasteiger partial charge in [0.25, 0.3) is 0 Å². The molecule has 0 amide bonds. The van der Waals surface area contributed by atoms with Gasteiger partial charge in [-0.05, 0) is 76.8 Å². The molecule has 1 aromatic carbocycles. The maximum atomic E-state index is 15.7. The SMILES string of the molecule is CC(C)(C)OC(=O)c1cc(C2CC2)c(OCC2(F)CCN(N3CC(Cl)CCC3C(F)(F)F)CC2)cc1F. The minimum atomic E-state index is -4.39. The molecule has 2 atom stereocenters. The number of carbonyl (C=O) groups is 1. The lowest BCUT2D eigenvalue weighted by atomic mass is 9.94. The van der Waals surface area contributed by atoms with Crippen LogP contribution >= 0.6 is 11.6 Å². The van der Waals surface area contributed by atoms with E-state index >= 15 is 4.39 Å². The molecule has 5 nitrogen and oxygen atoms in total. The number of benzene rings is 1. The Morgan fingerprint density at radius 2 is 1.76 bits per heavy atom. The number of carbonyl (C=O) groups excluding carboxylic acids is 1. The second-order valence-corrected chi connectivity index (χ2v) is 12.0. The number of hydrogen-bond acceptors (Lipinski definition) is 5. The number of hydrazine groups is 1. The molecular weight excluding hydrogens is 519 g/mol. The Kier molecular flexibility index (Phi) is 8.04. The van der Waals surface area contributed by atoms with Crippen LogP contribution in [0.4, 0.5) is 22.0 Å². The monoisotopic (exact) mass is 552 g/mol. The summed E-state index contributed by atoms with van der Waals surface area (Å²) in [6.45, 7) is 4.97. The zero-order valence-electron chi connectivity index (χ0n) is 21.3. The van der Waals surface area contributed by atoms with Gasteiger partial charge >= 0.3 is 12.1 Å². The van der Waals surface area contributed by atoms with Crippen LogP contribution in [0.25, 0.3) is 0 Å². The molecular formula is C26H34ClF5N2O3. The minimum absolute atomic E-state index is 0.0295.